The summed E-state index contributed by atoms with van der Waals surface area (Å²) in [5, 5.41) is 0. The van der Waals surface area contributed by atoms with Gasteiger partial charge in [-0.1, -0.05) is 29.5 Å². The van der Waals surface area contributed by atoms with Crippen molar-refractivity contribution in [2.75, 3.05) is 13.4 Å². The highest BCUT2D eigenvalue weighted by molar-refractivity contribution is 7.07. The molecular weight excluding hydrogens is 561 g/mol. The molecule has 1 atom stereocenters. The van der Waals surface area contributed by atoms with Crippen LogP contribution in [0, 0.1) is 0 Å². The van der Waals surface area contributed by atoms with Crippen molar-refractivity contribution < 1.29 is 36.6 Å². The molecule has 0 fully saturated rings. The Morgan fingerprint density at radius 2 is 1.95 bits per heavy atom. The molecule has 41 heavy (non-hydrogen) atoms. The fraction of sp³-hybridized carbons (Fsp3) is 0.207. The lowest BCUT2D eigenvalue weighted by atomic mass is 9.95. The number of ether oxygens (including phenoxy) is 3. The van der Waals surface area contributed by atoms with Gasteiger partial charge in [0.05, 0.1) is 34.0 Å². The number of hydrogen-bond donors (Lipinski definition) is 0. The van der Waals surface area contributed by atoms with E-state index in [1.807, 2.05) is 0 Å². The van der Waals surface area contributed by atoms with Crippen molar-refractivity contribution in [3.8, 4) is 22.8 Å². The molecule has 2 aromatic carbocycles. The largest absolute Gasteiger partial charge is 0.463 e. The lowest BCUT2D eigenvalue weighted by Crippen LogP contribution is -2.39. The molecule has 4 heterocycles. The average Bonchev–Trinajstić information content (AvgIpc) is 3.67. The summed E-state index contributed by atoms with van der Waals surface area (Å²) in [6.45, 7) is 3.57. The fourth-order valence-corrected chi connectivity index (χ4v) is 5.78. The number of furan rings is 1. The van der Waals surface area contributed by atoms with Gasteiger partial charge in [0.15, 0.2) is 16.3 Å². The SMILES string of the molecule is CCOC(=O)C1=C(C)N=c2s/c(=C\c3ccc(-c4cccc(C(F)(F)F)c4)o3)c(=O)n2C1c1ccc2c(c1)OCO2. The summed E-state index contributed by atoms with van der Waals surface area (Å²) in [7, 11) is 0. The first-order chi connectivity index (χ1) is 19.6. The molecule has 2 aromatic heterocycles. The van der Waals surface area contributed by atoms with E-state index in [0.29, 0.717) is 27.6 Å². The van der Waals surface area contributed by atoms with E-state index in [0.717, 1.165) is 23.5 Å². The summed E-state index contributed by atoms with van der Waals surface area (Å²) in [6.07, 6.45) is -2.99. The second-order valence-corrected chi connectivity index (χ2v) is 10.2. The molecule has 0 N–H and O–H groups in total. The first kappa shape index (κ1) is 26.6. The predicted molar refractivity (Wildman–Crippen MR) is 142 cm³/mol. The molecule has 0 radical (unpaired) electrons. The molecule has 210 valence electrons. The predicted octanol–water partition coefficient (Wildman–Crippen LogP) is 4.81. The van der Waals surface area contributed by atoms with Crippen molar-refractivity contribution in [3.05, 3.63) is 102 Å². The molecule has 6 rings (SSSR count). The van der Waals surface area contributed by atoms with Crippen LogP contribution in [0.1, 0.15) is 36.8 Å². The Bertz CT molecular complexity index is 1900. The average molecular weight is 583 g/mol. The molecule has 8 nitrogen and oxygen atoms in total. The number of allylic oxidation sites excluding steroid dienone is 1. The van der Waals surface area contributed by atoms with Gasteiger partial charge in [0, 0.05) is 11.6 Å². The Morgan fingerprint density at radius 3 is 2.73 bits per heavy atom. The van der Waals surface area contributed by atoms with E-state index in [9.17, 15) is 22.8 Å². The number of benzene rings is 2. The van der Waals surface area contributed by atoms with Crippen LogP contribution in [0.3, 0.4) is 0 Å². The van der Waals surface area contributed by atoms with Crippen LogP contribution in [0.2, 0.25) is 0 Å². The number of carbonyl (C=O) groups is 1. The van der Waals surface area contributed by atoms with Gasteiger partial charge in [-0.05, 0) is 55.8 Å². The number of alkyl halides is 3. The maximum absolute atomic E-state index is 13.8. The number of halogens is 3. The summed E-state index contributed by atoms with van der Waals surface area (Å²) in [6, 6.07) is 12.2. The molecule has 12 heteroatoms. The van der Waals surface area contributed by atoms with Gasteiger partial charge in [0.2, 0.25) is 6.79 Å². The van der Waals surface area contributed by atoms with Gasteiger partial charge in [0.1, 0.15) is 11.5 Å². The monoisotopic (exact) mass is 582 g/mol. The van der Waals surface area contributed by atoms with Gasteiger partial charge in [-0.3, -0.25) is 9.36 Å². The van der Waals surface area contributed by atoms with E-state index < -0.39 is 29.3 Å². The minimum atomic E-state index is -4.49. The number of hydrogen-bond acceptors (Lipinski definition) is 8. The topological polar surface area (TPSA) is 92.3 Å². The second kappa shape index (κ2) is 10.1. The van der Waals surface area contributed by atoms with Crippen LogP contribution in [-0.2, 0) is 15.7 Å². The highest BCUT2D eigenvalue weighted by atomic mass is 32.1. The minimum absolute atomic E-state index is 0.0623. The highest BCUT2D eigenvalue weighted by Gasteiger charge is 2.34. The fourth-order valence-electron chi connectivity index (χ4n) is 4.75. The molecule has 1 unspecified atom stereocenters. The third-order valence-electron chi connectivity index (χ3n) is 6.60. The van der Waals surface area contributed by atoms with Crippen molar-refractivity contribution in [2.45, 2.75) is 26.1 Å². The number of thiazole rings is 1. The molecule has 0 amide bonds. The maximum atomic E-state index is 13.8. The number of fused-ring (bicyclic) bond motifs is 2. The molecule has 0 spiro atoms. The second-order valence-electron chi connectivity index (χ2n) is 9.20. The van der Waals surface area contributed by atoms with E-state index in [1.54, 1.807) is 38.1 Å². The highest BCUT2D eigenvalue weighted by Crippen LogP contribution is 2.38. The summed E-state index contributed by atoms with van der Waals surface area (Å²) >= 11 is 1.10. The van der Waals surface area contributed by atoms with Crippen LogP contribution < -0.4 is 24.4 Å². The van der Waals surface area contributed by atoms with Crippen LogP contribution >= 0.6 is 11.3 Å². The third kappa shape index (κ3) is 4.84. The van der Waals surface area contributed by atoms with Crippen molar-refractivity contribution in [1.29, 1.82) is 0 Å². The lowest BCUT2D eigenvalue weighted by molar-refractivity contribution is -0.139. The van der Waals surface area contributed by atoms with Gasteiger partial charge in [-0.25, -0.2) is 9.79 Å². The molecule has 0 aliphatic carbocycles. The number of rotatable bonds is 5. The smallest absolute Gasteiger partial charge is 0.416 e. The Morgan fingerprint density at radius 1 is 1.15 bits per heavy atom. The van der Waals surface area contributed by atoms with Crippen molar-refractivity contribution in [1.82, 2.24) is 4.57 Å². The Balaban J connectivity index is 1.45. The van der Waals surface area contributed by atoms with Crippen molar-refractivity contribution in [2.24, 2.45) is 4.99 Å². The van der Waals surface area contributed by atoms with E-state index in [2.05, 4.69) is 4.99 Å². The molecule has 4 aromatic rings. The van der Waals surface area contributed by atoms with Crippen LogP contribution in [0.15, 0.2) is 80.1 Å². The number of nitrogens with zero attached hydrogens (tertiary/aromatic N) is 2. The van der Waals surface area contributed by atoms with Gasteiger partial charge in [-0.2, -0.15) is 13.2 Å². The van der Waals surface area contributed by atoms with Crippen LogP contribution in [0.4, 0.5) is 13.2 Å². The Hall–Kier alpha value is -4.58. The Kier molecular flexibility index (Phi) is 6.57. The van der Waals surface area contributed by atoms with Crippen molar-refractivity contribution >= 4 is 23.4 Å². The zero-order valence-electron chi connectivity index (χ0n) is 21.7. The molecule has 2 aliphatic heterocycles. The number of esters is 1. The van der Waals surface area contributed by atoms with Gasteiger partial charge < -0.3 is 18.6 Å². The normalized spacial score (nSPS) is 16.5. The Labute approximate surface area is 234 Å². The molecular formula is C29H21F3N2O6S. The lowest BCUT2D eigenvalue weighted by Gasteiger charge is -2.24. The third-order valence-corrected chi connectivity index (χ3v) is 7.59. The van der Waals surface area contributed by atoms with E-state index in [-0.39, 0.29) is 40.6 Å². The van der Waals surface area contributed by atoms with E-state index in [1.165, 1.54) is 28.8 Å². The molecule has 0 saturated carbocycles. The summed E-state index contributed by atoms with van der Waals surface area (Å²) in [4.78, 5) is 31.7. The molecule has 2 aliphatic rings. The molecule has 0 saturated heterocycles. The van der Waals surface area contributed by atoms with Crippen LogP contribution in [0.5, 0.6) is 11.5 Å². The van der Waals surface area contributed by atoms with E-state index >= 15 is 0 Å². The number of aromatic nitrogens is 1. The molecule has 0 bridgehead atoms. The minimum Gasteiger partial charge on any atom is -0.463 e. The zero-order chi connectivity index (χ0) is 28.9. The summed E-state index contributed by atoms with van der Waals surface area (Å²) in [5.74, 6) is 0.925. The first-order valence-electron chi connectivity index (χ1n) is 12.5. The quantitative estimate of drug-likeness (QED) is 0.314. The van der Waals surface area contributed by atoms with Gasteiger partial charge >= 0.3 is 12.1 Å². The first-order valence-corrected chi connectivity index (χ1v) is 13.3. The summed E-state index contributed by atoms with van der Waals surface area (Å²) in [5.41, 5.74) is 0.251. The van der Waals surface area contributed by atoms with Crippen LogP contribution in [-0.4, -0.2) is 23.9 Å². The number of carbonyl (C=O) groups excluding carboxylic acids is 1. The van der Waals surface area contributed by atoms with Gasteiger partial charge in [0.25, 0.3) is 5.56 Å². The van der Waals surface area contributed by atoms with Crippen LogP contribution in [0.25, 0.3) is 17.4 Å². The summed E-state index contributed by atoms with van der Waals surface area (Å²) < 4.78 is 63.2. The maximum Gasteiger partial charge on any atom is 0.416 e. The van der Waals surface area contributed by atoms with Gasteiger partial charge in [-0.15, -0.1) is 0 Å². The van der Waals surface area contributed by atoms with Crippen molar-refractivity contribution in [3.63, 3.8) is 0 Å². The zero-order valence-corrected chi connectivity index (χ0v) is 22.5. The standard InChI is InChI=1S/C29H21F3N2O6S/c1-3-37-27(36)24-15(2)33-28-34(25(24)17-7-9-21-22(12-17)39-14-38-21)26(35)23(41-28)13-19-8-10-20(40-19)16-5-4-6-18(11-16)29(30,31)32/h4-13,25H,3,14H2,1-2H3/b23-13-. The van der Waals surface area contributed by atoms with E-state index in [4.69, 9.17) is 18.6 Å².